The van der Waals surface area contributed by atoms with Crippen LogP contribution in [0, 0.1) is 11.8 Å². The van der Waals surface area contributed by atoms with Crippen molar-refractivity contribution in [3.8, 4) is 0 Å². The fourth-order valence-electron chi connectivity index (χ4n) is 2.42. The van der Waals surface area contributed by atoms with E-state index in [0.29, 0.717) is 0 Å². The Morgan fingerprint density at radius 3 is 2.64 bits per heavy atom. The van der Waals surface area contributed by atoms with E-state index in [-0.39, 0.29) is 0 Å². The van der Waals surface area contributed by atoms with Gasteiger partial charge in [0, 0.05) is 31.9 Å². The summed E-state index contributed by atoms with van der Waals surface area (Å²) in [7, 11) is 2.21. The van der Waals surface area contributed by atoms with Crippen LogP contribution >= 0.6 is 0 Å². The second-order valence-electron chi connectivity index (χ2n) is 4.80. The van der Waals surface area contributed by atoms with Gasteiger partial charge in [-0.3, -0.25) is 0 Å². The average Bonchev–Trinajstić information content (AvgIpc) is 2.96. The Morgan fingerprint density at radius 2 is 1.93 bits per heavy atom. The van der Waals surface area contributed by atoms with Crippen LogP contribution in [0.25, 0.3) is 0 Å². The molecule has 0 amide bonds. The first-order valence-electron chi connectivity index (χ1n) is 5.66. The number of fused-ring (bicyclic) bond motifs is 1. The molecule has 2 aliphatic carbocycles. The number of likely N-dealkylation sites (N-methyl/N-ethyl adjacent to an activating group) is 1. The highest BCUT2D eigenvalue weighted by Crippen LogP contribution is 2.44. The van der Waals surface area contributed by atoms with Crippen molar-refractivity contribution in [3.63, 3.8) is 0 Å². The molecule has 2 unspecified atom stereocenters. The van der Waals surface area contributed by atoms with Gasteiger partial charge in [-0.2, -0.15) is 0 Å². The van der Waals surface area contributed by atoms with Crippen LogP contribution < -0.4 is 0 Å². The fourth-order valence-corrected chi connectivity index (χ4v) is 2.42. The lowest BCUT2D eigenvalue weighted by Gasteiger charge is -2.35. The molecule has 0 bridgehead atoms. The van der Waals surface area contributed by atoms with Crippen LogP contribution in [-0.2, 0) is 0 Å². The van der Waals surface area contributed by atoms with Gasteiger partial charge in [-0.1, -0.05) is 12.2 Å². The van der Waals surface area contributed by atoms with Gasteiger partial charge in [-0.15, -0.1) is 0 Å². The van der Waals surface area contributed by atoms with Crippen LogP contribution in [-0.4, -0.2) is 43.0 Å². The summed E-state index contributed by atoms with van der Waals surface area (Å²) in [5.74, 6) is 1.78. The summed E-state index contributed by atoms with van der Waals surface area (Å²) in [6, 6.07) is 0. The number of hydrogen-bond donors (Lipinski definition) is 0. The summed E-state index contributed by atoms with van der Waals surface area (Å²) >= 11 is 0. The van der Waals surface area contributed by atoms with Gasteiger partial charge in [0.25, 0.3) is 0 Å². The molecule has 3 aliphatic rings. The highest BCUT2D eigenvalue weighted by Gasteiger charge is 2.35. The summed E-state index contributed by atoms with van der Waals surface area (Å²) in [6.45, 7) is 4.81. The summed E-state index contributed by atoms with van der Waals surface area (Å²) in [6.07, 6.45) is 8.61. The third kappa shape index (κ3) is 1.48. The molecule has 0 spiro atoms. The molecule has 0 aromatic carbocycles. The van der Waals surface area contributed by atoms with Gasteiger partial charge in [0.05, 0.1) is 0 Å². The predicted octanol–water partition coefficient (Wildman–Crippen LogP) is 1.32. The van der Waals surface area contributed by atoms with Crippen LogP contribution in [0.4, 0.5) is 0 Å². The molecule has 0 aromatic heterocycles. The van der Waals surface area contributed by atoms with Crippen LogP contribution in [0.2, 0.25) is 0 Å². The Bertz CT molecular complexity index is 285. The highest BCUT2D eigenvalue weighted by atomic mass is 15.2. The smallest absolute Gasteiger partial charge is 0.0326 e. The first-order valence-corrected chi connectivity index (χ1v) is 5.66. The molecule has 0 aromatic rings. The Balaban J connectivity index is 1.68. The van der Waals surface area contributed by atoms with E-state index in [4.69, 9.17) is 0 Å². The van der Waals surface area contributed by atoms with E-state index in [2.05, 4.69) is 35.1 Å². The number of piperazine rings is 1. The summed E-state index contributed by atoms with van der Waals surface area (Å²) in [5, 5.41) is 0. The second-order valence-corrected chi connectivity index (χ2v) is 4.80. The first-order chi connectivity index (χ1) is 6.83. The summed E-state index contributed by atoms with van der Waals surface area (Å²) in [5.41, 5.74) is 1.48. The van der Waals surface area contributed by atoms with Crippen LogP contribution in [0.5, 0.6) is 0 Å². The zero-order valence-corrected chi connectivity index (χ0v) is 8.82. The van der Waals surface area contributed by atoms with Gasteiger partial charge in [0.2, 0.25) is 0 Å². The molecule has 0 radical (unpaired) electrons. The number of nitrogens with zero attached hydrogens (tertiary/aromatic N) is 2. The molecule has 1 saturated heterocycles. The molecule has 2 nitrogen and oxygen atoms in total. The summed E-state index contributed by atoms with van der Waals surface area (Å²) < 4.78 is 0. The lowest BCUT2D eigenvalue weighted by molar-refractivity contribution is 0.189. The van der Waals surface area contributed by atoms with Gasteiger partial charge in [-0.25, -0.2) is 0 Å². The molecule has 14 heavy (non-hydrogen) atoms. The number of hydrogen-bond acceptors (Lipinski definition) is 2. The maximum Gasteiger partial charge on any atom is 0.0326 e. The zero-order valence-electron chi connectivity index (χ0n) is 8.82. The Morgan fingerprint density at radius 1 is 1.14 bits per heavy atom. The van der Waals surface area contributed by atoms with Gasteiger partial charge < -0.3 is 9.80 Å². The van der Waals surface area contributed by atoms with Crippen molar-refractivity contribution in [2.24, 2.45) is 11.8 Å². The average molecular weight is 190 g/mol. The van der Waals surface area contributed by atoms with Crippen LogP contribution in [0.3, 0.4) is 0 Å². The Labute approximate surface area is 85.9 Å². The van der Waals surface area contributed by atoms with Crippen molar-refractivity contribution in [2.75, 3.05) is 33.2 Å². The topological polar surface area (TPSA) is 6.48 Å². The van der Waals surface area contributed by atoms with Gasteiger partial charge in [-0.05, 0) is 31.4 Å². The largest absolute Gasteiger partial charge is 0.369 e. The molecule has 2 fully saturated rings. The maximum atomic E-state index is 2.53. The third-order valence-electron chi connectivity index (χ3n) is 3.66. The zero-order chi connectivity index (χ0) is 9.54. The lowest BCUT2D eigenvalue weighted by Crippen LogP contribution is -2.43. The van der Waals surface area contributed by atoms with Gasteiger partial charge >= 0.3 is 0 Å². The fraction of sp³-hybridized carbons (Fsp3) is 0.667. The highest BCUT2D eigenvalue weighted by molar-refractivity contribution is 5.30. The molecule has 1 heterocycles. The lowest BCUT2D eigenvalue weighted by atomic mass is 10.1. The minimum atomic E-state index is 0.884. The molecule has 1 aliphatic heterocycles. The molecule has 1 saturated carbocycles. The van der Waals surface area contributed by atoms with Crippen LogP contribution in [0.1, 0.15) is 6.42 Å². The minimum absolute atomic E-state index is 0.884. The standard InChI is InChI=1S/C12H18N2/c1-13-4-6-14(7-5-13)12-3-2-10-8-11(10)9-12/h2-3,9-11H,4-8H2,1H3. The van der Waals surface area contributed by atoms with Crippen molar-refractivity contribution in [2.45, 2.75) is 6.42 Å². The molecule has 2 atom stereocenters. The number of allylic oxidation sites excluding steroid dienone is 3. The van der Waals surface area contributed by atoms with E-state index in [1.54, 1.807) is 0 Å². The van der Waals surface area contributed by atoms with Crippen molar-refractivity contribution in [1.82, 2.24) is 9.80 Å². The monoisotopic (exact) mass is 190 g/mol. The van der Waals surface area contributed by atoms with Crippen molar-refractivity contribution >= 4 is 0 Å². The number of rotatable bonds is 1. The van der Waals surface area contributed by atoms with E-state index < -0.39 is 0 Å². The van der Waals surface area contributed by atoms with Crippen molar-refractivity contribution in [3.05, 3.63) is 23.9 Å². The van der Waals surface area contributed by atoms with E-state index in [9.17, 15) is 0 Å². The molecule has 2 heteroatoms. The molecule has 0 N–H and O–H groups in total. The predicted molar refractivity (Wildman–Crippen MR) is 57.9 cm³/mol. The van der Waals surface area contributed by atoms with E-state index in [0.717, 1.165) is 11.8 Å². The normalized spacial score (nSPS) is 36.6. The second kappa shape index (κ2) is 3.13. The molecule has 3 rings (SSSR count). The van der Waals surface area contributed by atoms with Crippen LogP contribution in [0.15, 0.2) is 23.9 Å². The third-order valence-corrected chi connectivity index (χ3v) is 3.66. The molecular formula is C12H18N2. The molecular weight excluding hydrogens is 172 g/mol. The van der Waals surface area contributed by atoms with Gasteiger partial charge in [0.15, 0.2) is 0 Å². The Kier molecular flexibility index (Phi) is 1.91. The first kappa shape index (κ1) is 8.54. The summed E-state index contributed by atoms with van der Waals surface area (Å²) in [4.78, 5) is 4.94. The SMILES string of the molecule is CN1CCN(C2=CC3CC3C=C2)CC1. The minimum Gasteiger partial charge on any atom is -0.369 e. The van der Waals surface area contributed by atoms with E-state index in [1.807, 2.05) is 0 Å². The van der Waals surface area contributed by atoms with Crippen molar-refractivity contribution in [1.29, 1.82) is 0 Å². The maximum absolute atomic E-state index is 2.53. The Hall–Kier alpha value is -0.760. The van der Waals surface area contributed by atoms with Gasteiger partial charge in [0.1, 0.15) is 0 Å². The quantitative estimate of drug-likeness (QED) is 0.615. The van der Waals surface area contributed by atoms with E-state index >= 15 is 0 Å². The molecule has 76 valence electrons. The van der Waals surface area contributed by atoms with Crippen molar-refractivity contribution < 1.29 is 0 Å². The van der Waals surface area contributed by atoms with E-state index in [1.165, 1.54) is 38.3 Å².